The number of thioether (sulfide) groups is 1. The lowest BCUT2D eigenvalue weighted by Gasteiger charge is -2.25. The number of fused-ring (bicyclic) bond motifs is 1. The van der Waals surface area contributed by atoms with Gasteiger partial charge in [0.2, 0.25) is 0 Å². The fourth-order valence-corrected chi connectivity index (χ4v) is 3.86. The third kappa shape index (κ3) is 3.49. The van der Waals surface area contributed by atoms with E-state index in [4.69, 9.17) is 0 Å². The van der Waals surface area contributed by atoms with Crippen LogP contribution in [0.2, 0.25) is 0 Å². The maximum Gasteiger partial charge on any atom is 0.0263 e. The molecule has 0 bridgehead atoms. The maximum absolute atomic E-state index is 2.59. The Morgan fingerprint density at radius 2 is 2.12 bits per heavy atom. The topological polar surface area (TPSA) is 3.24 Å². The molecule has 1 aliphatic heterocycles. The summed E-state index contributed by atoms with van der Waals surface area (Å²) < 4.78 is 0. The number of benzene rings is 1. The molecule has 0 amide bonds. The molecule has 0 aliphatic carbocycles. The Morgan fingerprint density at radius 1 is 1.35 bits per heavy atom. The number of nitrogens with zero attached hydrogens (tertiary/aromatic N) is 1. The van der Waals surface area contributed by atoms with E-state index in [-0.39, 0.29) is 0 Å². The molecule has 94 valence electrons. The van der Waals surface area contributed by atoms with Crippen molar-refractivity contribution in [1.82, 2.24) is 4.90 Å². The van der Waals surface area contributed by atoms with Gasteiger partial charge in [-0.2, -0.15) is 0 Å². The van der Waals surface area contributed by atoms with Gasteiger partial charge < -0.3 is 4.90 Å². The average molecular weight is 249 g/mol. The van der Waals surface area contributed by atoms with Crippen molar-refractivity contribution in [3.05, 3.63) is 29.8 Å². The Balaban J connectivity index is 1.90. The van der Waals surface area contributed by atoms with E-state index in [0.717, 1.165) is 11.2 Å². The Kier molecular flexibility index (Phi) is 4.52. The first-order valence-electron chi connectivity index (χ1n) is 6.66. The van der Waals surface area contributed by atoms with E-state index in [9.17, 15) is 0 Å². The van der Waals surface area contributed by atoms with Gasteiger partial charge in [0.05, 0.1) is 0 Å². The predicted molar refractivity (Wildman–Crippen MR) is 76.7 cm³/mol. The van der Waals surface area contributed by atoms with Gasteiger partial charge in [0.25, 0.3) is 0 Å². The third-order valence-corrected chi connectivity index (χ3v) is 4.55. The lowest BCUT2D eigenvalue weighted by atomic mass is 10.1. The summed E-state index contributed by atoms with van der Waals surface area (Å²) >= 11 is 2.07. The van der Waals surface area contributed by atoms with Gasteiger partial charge in [-0.3, -0.25) is 0 Å². The summed E-state index contributed by atoms with van der Waals surface area (Å²) in [7, 11) is 0. The van der Waals surface area contributed by atoms with E-state index < -0.39 is 0 Å². The van der Waals surface area contributed by atoms with Gasteiger partial charge in [0.1, 0.15) is 0 Å². The minimum absolute atomic E-state index is 0.756. The Bertz CT molecular complexity index is 337. The van der Waals surface area contributed by atoms with Crippen LogP contribution in [0.15, 0.2) is 29.2 Å². The fraction of sp³-hybridized carbons (Fsp3) is 0.600. The third-order valence-electron chi connectivity index (χ3n) is 3.25. The zero-order chi connectivity index (χ0) is 12.3. The standard InChI is InChI=1S/C15H23NS/c1-4-16(10-12(2)3)11-14-9-13-7-5-6-8-15(13)17-14/h5-8,12,14H,4,9-11H2,1-3H3. The van der Waals surface area contributed by atoms with Gasteiger partial charge >= 0.3 is 0 Å². The lowest BCUT2D eigenvalue weighted by Crippen LogP contribution is -2.33. The lowest BCUT2D eigenvalue weighted by molar-refractivity contribution is 0.257. The van der Waals surface area contributed by atoms with Gasteiger partial charge in [0, 0.05) is 23.2 Å². The van der Waals surface area contributed by atoms with Crippen molar-refractivity contribution >= 4 is 11.8 Å². The molecular formula is C15H23NS. The Labute approximate surface area is 110 Å². The zero-order valence-corrected chi connectivity index (χ0v) is 12.0. The summed E-state index contributed by atoms with van der Waals surface area (Å²) in [5, 5.41) is 0.756. The SMILES string of the molecule is CCN(CC(C)C)CC1Cc2ccccc2S1. The van der Waals surface area contributed by atoms with Gasteiger partial charge in [-0.15, -0.1) is 11.8 Å². The molecular weight excluding hydrogens is 226 g/mol. The molecule has 0 saturated carbocycles. The molecule has 0 fully saturated rings. The highest BCUT2D eigenvalue weighted by Crippen LogP contribution is 2.37. The van der Waals surface area contributed by atoms with Crippen LogP contribution in [0, 0.1) is 5.92 Å². The molecule has 1 aliphatic rings. The summed E-state index contributed by atoms with van der Waals surface area (Å²) in [6, 6.07) is 8.85. The minimum Gasteiger partial charge on any atom is -0.302 e. The van der Waals surface area contributed by atoms with Crippen molar-refractivity contribution in [2.45, 2.75) is 37.3 Å². The Morgan fingerprint density at radius 3 is 2.76 bits per heavy atom. The molecule has 2 rings (SSSR count). The van der Waals surface area contributed by atoms with E-state index in [1.807, 2.05) is 0 Å². The maximum atomic E-state index is 2.59. The van der Waals surface area contributed by atoms with Crippen molar-refractivity contribution in [1.29, 1.82) is 0 Å². The van der Waals surface area contributed by atoms with Crippen LogP contribution in [0.4, 0.5) is 0 Å². The fourth-order valence-electron chi connectivity index (χ4n) is 2.49. The molecule has 1 atom stereocenters. The van der Waals surface area contributed by atoms with Crippen LogP contribution < -0.4 is 0 Å². The van der Waals surface area contributed by atoms with Crippen LogP contribution in [0.5, 0.6) is 0 Å². The summed E-state index contributed by atoms with van der Waals surface area (Å²) in [5.41, 5.74) is 1.54. The second-order valence-electron chi connectivity index (χ2n) is 5.30. The molecule has 17 heavy (non-hydrogen) atoms. The summed E-state index contributed by atoms with van der Waals surface area (Å²) in [5.74, 6) is 0.767. The van der Waals surface area contributed by atoms with Gasteiger partial charge in [-0.05, 0) is 30.5 Å². The second kappa shape index (κ2) is 5.92. The second-order valence-corrected chi connectivity index (χ2v) is 6.64. The molecule has 0 N–H and O–H groups in total. The van der Waals surface area contributed by atoms with E-state index in [1.165, 1.54) is 31.0 Å². The van der Waals surface area contributed by atoms with Crippen molar-refractivity contribution in [3.63, 3.8) is 0 Å². The van der Waals surface area contributed by atoms with Crippen molar-refractivity contribution in [2.24, 2.45) is 5.92 Å². The van der Waals surface area contributed by atoms with Crippen LogP contribution in [0.3, 0.4) is 0 Å². The highest BCUT2D eigenvalue weighted by molar-refractivity contribution is 8.00. The molecule has 1 unspecified atom stereocenters. The average Bonchev–Trinajstić information content (AvgIpc) is 2.69. The monoisotopic (exact) mass is 249 g/mol. The largest absolute Gasteiger partial charge is 0.302 e. The summed E-state index contributed by atoms with van der Waals surface area (Å²) in [6.45, 7) is 10.5. The van der Waals surface area contributed by atoms with Crippen molar-refractivity contribution in [2.75, 3.05) is 19.6 Å². The van der Waals surface area contributed by atoms with Gasteiger partial charge in [0.15, 0.2) is 0 Å². The molecule has 2 heteroatoms. The highest BCUT2D eigenvalue weighted by atomic mass is 32.2. The van der Waals surface area contributed by atoms with Gasteiger partial charge in [-0.25, -0.2) is 0 Å². The quantitative estimate of drug-likeness (QED) is 0.783. The smallest absolute Gasteiger partial charge is 0.0263 e. The first-order valence-corrected chi connectivity index (χ1v) is 7.54. The zero-order valence-electron chi connectivity index (χ0n) is 11.1. The normalized spacial score (nSPS) is 19.0. The molecule has 0 spiro atoms. The molecule has 0 saturated heterocycles. The molecule has 0 radical (unpaired) electrons. The number of hydrogen-bond acceptors (Lipinski definition) is 2. The summed E-state index contributed by atoms with van der Waals surface area (Å²) in [6.07, 6.45) is 1.25. The van der Waals surface area contributed by atoms with E-state index in [1.54, 1.807) is 5.56 Å². The Hall–Kier alpha value is -0.470. The van der Waals surface area contributed by atoms with Crippen LogP contribution in [-0.2, 0) is 6.42 Å². The molecule has 0 aromatic heterocycles. The van der Waals surface area contributed by atoms with Gasteiger partial charge in [-0.1, -0.05) is 39.0 Å². The van der Waals surface area contributed by atoms with E-state index >= 15 is 0 Å². The van der Waals surface area contributed by atoms with Crippen LogP contribution in [0.25, 0.3) is 0 Å². The molecule has 1 nitrogen and oxygen atoms in total. The van der Waals surface area contributed by atoms with Crippen LogP contribution in [-0.4, -0.2) is 29.8 Å². The number of rotatable bonds is 5. The number of hydrogen-bond donors (Lipinski definition) is 0. The van der Waals surface area contributed by atoms with Crippen molar-refractivity contribution < 1.29 is 0 Å². The van der Waals surface area contributed by atoms with E-state index in [2.05, 4.69) is 61.7 Å². The molecule has 1 aromatic carbocycles. The van der Waals surface area contributed by atoms with Crippen molar-refractivity contribution in [3.8, 4) is 0 Å². The summed E-state index contributed by atoms with van der Waals surface area (Å²) in [4.78, 5) is 4.09. The van der Waals surface area contributed by atoms with E-state index in [0.29, 0.717) is 0 Å². The first-order chi connectivity index (χ1) is 8.19. The van der Waals surface area contributed by atoms with Crippen LogP contribution in [0.1, 0.15) is 26.3 Å². The predicted octanol–water partition coefficient (Wildman–Crippen LogP) is 3.68. The minimum atomic E-state index is 0.756. The molecule has 1 heterocycles. The van der Waals surface area contributed by atoms with Crippen LogP contribution >= 0.6 is 11.8 Å². The molecule has 1 aromatic rings. The highest BCUT2D eigenvalue weighted by Gasteiger charge is 2.23. The first kappa shape index (κ1) is 13.0.